The van der Waals surface area contributed by atoms with Crippen LogP contribution in [-0.2, 0) is 14.8 Å². The quantitative estimate of drug-likeness (QED) is 0.842. The molecule has 1 saturated carbocycles. The fraction of sp³-hybridized carbons (Fsp3) is 0.917. The normalized spacial score (nSPS) is 27.1. The van der Waals surface area contributed by atoms with Crippen molar-refractivity contribution < 1.29 is 18.3 Å². The Labute approximate surface area is 108 Å². The molecule has 6 heteroatoms. The number of carboxylic acid groups (broad SMARTS) is 1. The van der Waals surface area contributed by atoms with Crippen LogP contribution in [0.1, 0.15) is 44.9 Å². The molecule has 0 aromatic carbocycles. The SMILES string of the molecule is O=C(O)CC1(CN2CCCS2(=O)=O)CCCCC1. The molecule has 0 atom stereocenters. The van der Waals surface area contributed by atoms with E-state index in [9.17, 15) is 13.2 Å². The molecule has 1 saturated heterocycles. The molecule has 1 aliphatic carbocycles. The third kappa shape index (κ3) is 3.03. The standard InChI is InChI=1S/C12H21NO4S/c14-11(15)9-12(5-2-1-3-6-12)10-13-7-4-8-18(13,16)17/h1-10H2,(H,14,15). The van der Waals surface area contributed by atoms with E-state index in [-0.39, 0.29) is 17.6 Å². The third-order valence-electron chi connectivity index (χ3n) is 4.16. The van der Waals surface area contributed by atoms with E-state index >= 15 is 0 Å². The van der Waals surface area contributed by atoms with Gasteiger partial charge >= 0.3 is 5.97 Å². The fourth-order valence-electron chi connectivity index (χ4n) is 3.26. The second kappa shape index (κ2) is 5.17. The number of carbonyl (C=O) groups is 1. The van der Waals surface area contributed by atoms with Gasteiger partial charge in [0.25, 0.3) is 0 Å². The van der Waals surface area contributed by atoms with Crippen molar-refractivity contribution in [2.45, 2.75) is 44.9 Å². The maximum Gasteiger partial charge on any atom is 0.303 e. The lowest BCUT2D eigenvalue weighted by atomic mass is 9.71. The van der Waals surface area contributed by atoms with Crippen LogP contribution in [0.15, 0.2) is 0 Å². The van der Waals surface area contributed by atoms with Crippen LogP contribution in [-0.4, -0.2) is 42.6 Å². The van der Waals surface area contributed by atoms with Gasteiger partial charge in [0, 0.05) is 13.1 Å². The molecule has 1 N–H and O–H groups in total. The zero-order chi connectivity index (χ0) is 13.2. The first-order valence-electron chi connectivity index (χ1n) is 6.63. The van der Waals surface area contributed by atoms with Gasteiger partial charge in [0.2, 0.25) is 10.0 Å². The lowest BCUT2D eigenvalue weighted by Gasteiger charge is -2.38. The summed E-state index contributed by atoms with van der Waals surface area (Å²) in [6, 6.07) is 0. The molecule has 1 heterocycles. The van der Waals surface area contributed by atoms with Gasteiger partial charge in [-0.05, 0) is 24.7 Å². The van der Waals surface area contributed by atoms with Crippen LogP contribution in [0.25, 0.3) is 0 Å². The van der Waals surface area contributed by atoms with Crippen LogP contribution in [0, 0.1) is 5.41 Å². The highest BCUT2D eigenvalue weighted by Crippen LogP contribution is 2.41. The number of carboxylic acids is 1. The first-order chi connectivity index (χ1) is 8.44. The highest BCUT2D eigenvalue weighted by Gasteiger charge is 2.40. The van der Waals surface area contributed by atoms with Crippen LogP contribution in [0.4, 0.5) is 0 Å². The molecular formula is C12H21NO4S. The molecule has 18 heavy (non-hydrogen) atoms. The van der Waals surface area contributed by atoms with Crippen LogP contribution in [0.3, 0.4) is 0 Å². The first-order valence-corrected chi connectivity index (χ1v) is 8.24. The van der Waals surface area contributed by atoms with E-state index in [1.165, 1.54) is 4.31 Å². The van der Waals surface area contributed by atoms with Crippen LogP contribution in [0.5, 0.6) is 0 Å². The van der Waals surface area contributed by atoms with Crippen molar-refractivity contribution in [1.29, 1.82) is 0 Å². The Hall–Kier alpha value is -0.620. The lowest BCUT2D eigenvalue weighted by Crippen LogP contribution is -2.41. The summed E-state index contributed by atoms with van der Waals surface area (Å²) in [5, 5.41) is 9.07. The third-order valence-corrected chi connectivity index (χ3v) is 6.06. The second-order valence-corrected chi connectivity index (χ2v) is 7.72. The summed E-state index contributed by atoms with van der Waals surface area (Å²) in [5.74, 6) is -0.593. The minimum absolute atomic E-state index is 0.0962. The zero-order valence-electron chi connectivity index (χ0n) is 10.6. The molecule has 0 aromatic rings. The topological polar surface area (TPSA) is 74.7 Å². The minimum Gasteiger partial charge on any atom is -0.481 e. The van der Waals surface area contributed by atoms with E-state index in [1.54, 1.807) is 0 Å². The smallest absolute Gasteiger partial charge is 0.303 e. The molecule has 0 amide bonds. The molecule has 104 valence electrons. The molecule has 0 radical (unpaired) electrons. The lowest BCUT2D eigenvalue weighted by molar-refractivity contribution is -0.140. The molecule has 2 rings (SSSR count). The van der Waals surface area contributed by atoms with Crippen molar-refractivity contribution in [2.75, 3.05) is 18.8 Å². The number of hydrogen-bond acceptors (Lipinski definition) is 3. The number of aliphatic carboxylic acids is 1. The van der Waals surface area contributed by atoms with E-state index in [1.807, 2.05) is 0 Å². The first kappa shape index (κ1) is 13.8. The number of rotatable bonds is 4. The van der Waals surface area contributed by atoms with E-state index < -0.39 is 16.0 Å². The largest absolute Gasteiger partial charge is 0.481 e. The highest BCUT2D eigenvalue weighted by molar-refractivity contribution is 7.89. The Balaban J connectivity index is 2.12. The average molecular weight is 275 g/mol. The number of sulfonamides is 1. The summed E-state index contributed by atoms with van der Waals surface area (Å²) in [6.45, 7) is 0.964. The summed E-state index contributed by atoms with van der Waals surface area (Å²) >= 11 is 0. The summed E-state index contributed by atoms with van der Waals surface area (Å²) < 4.78 is 25.2. The molecule has 2 aliphatic rings. The predicted octanol–water partition coefficient (Wildman–Crippen LogP) is 1.45. The van der Waals surface area contributed by atoms with Crippen molar-refractivity contribution in [3.05, 3.63) is 0 Å². The van der Waals surface area contributed by atoms with Gasteiger partial charge in [0.1, 0.15) is 0 Å². The highest BCUT2D eigenvalue weighted by atomic mass is 32.2. The molecule has 2 fully saturated rings. The van der Waals surface area contributed by atoms with Crippen LogP contribution in [0.2, 0.25) is 0 Å². The Morgan fingerprint density at radius 1 is 1.17 bits per heavy atom. The number of hydrogen-bond donors (Lipinski definition) is 1. The summed E-state index contributed by atoms with van der Waals surface area (Å²) in [4.78, 5) is 11.0. The molecule has 5 nitrogen and oxygen atoms in total. The van der Waals surface area contributed by atoms with Gasteiger partial charge in [-0.25, -0.2) is 12.7 Å². The minimum atomic E-state index is -3.12. The second-order valence-electron chi connectivity index (χ2n) is 5.63. The predicted molar refractivity (Wildman–Crippen MR) is 67.7 cm³/mol. The van der Waals surface area contributed by atoms with Crippen LogP contribution >= 0.6 is 0 Å². The Bertz CT molecular complexity index is 412. The summed E-state index contributed by atoms with van der Waals surface area (Å²) in [7, 11) is -3.12. The maximum atomic E-state index is 11.8. The van der Waals surface area contributed by atoms with Gasteiger partial charge in [-0.1, -0.05) is 19.3 Å². The molecule has 0 bridgehead atoms. The molecule has 1 aliphatic heterocycles. The van der Waals surface area contributed by atoms with Crippen molar-refractivity contribution in [2.24, 2.45) is 5.41 Å². The Morgan fingerprint density at radius 2 is 1.83 bits per heavy atom. The van der Waals surface area contributed by atoms with Gasteiger partial charge in [0.15, 0.2) is 0 Å². The summed E-state index contributed by atoms with van der Waals surface area (Å²) in [6.07, 6.45) is 5.61. The van der Waals surface area contributed by atoms with Gasteiger partial charge in [0.05, 0.1) is 12.2 Å². The van der Waals surface area contributed by atoms with E-state index in [0.29, 0.717) is 19.5 Å². The molecule has 0 aromatic heterocycles. The van der Waals surface area contributed by atoms with Gasteiger partial charge in [-0.3, -0.25) is 4.79 Å². The summed E-state index contributed by atoms with van der Waals surface area (Å²) in [5.41, 5.74) is -0.332. The van der Waals surface area contributed by atoms with Gasteiger partial charge in [-0.2, -0.15) is 0 Å². The van der Waals surface area contributed by atoms with E-state index in [0.717, 1.165) is 32.1 Å². The van der Waals surface area contributed by atoms with E-state index in [2.05, 4.69) is 0 Å². The molecular weight excluding hydrogens is 254 g/mol. The van der Waals surface area contributed by atoms with Gasteiger partial charge < -0.3 is 5.11 Å². The number of nitrogens with zero attached hydrogens (tertiary/aromatic N) is 1. The van der Waals surface area contributed by atoms with Crippen molar-refractivity contribution >= 4 is 16.0 Å². The average Bonchev–Trinajstić information content (AvgIpc) is 2.58. The van der Waals surface area contributed by atoms with Crippen LogP contribution < -0.4 is 0 Å². The van der Waals surface area contributed by atoms with Crippen molar-refractivity contribution in [3.8, 4) is 0 Å². The zero-order valence-corrected chi connectivity index (χ0v) is 11.4. The Morgan fingerprint density at radius 3 is 2.33 bits per heavy atom. The van der Waals surface area contributed by atoms with Gasteiger partial charge in [-0.15, -0.1) is 0 Å². The molecule has 0 spiro atoms. The van der Waals surface area contributed by atoms with E-state index in [4.69, 9.17) is 5.11 Å². The van der Waals surface area contributed by atoms with Crippen molar-refractivity contribution in [3.63, 3.8) is 0 Å². The monoisotopic (exact) mass is 275 g/mol. The van der Waals surface area contributed by atoms with Crippen molar-refractivity contribution in [1.82, 2.24) is 4.31 Å². The Kier molecular flexibility index (Phi) is 3.96. The maximum absolute atomic E-state index is 11.8. The fourth-order valence-corrected chi connectivity index (χ4v) is 4.89. The molecule has 0 unspecified atom stereocenters.